The van der Waals surface area contributed by atoms with Crippen LogP contribution >= 0.6 is 11.8 Å². The summed E-state index contributed by atoms with van der Waals surface area (Å²) in [5.41, 5.74) is 8.93. The first-order valence-corrected chi connectivity index (χ1v) is 7.79. The second-order valence-electron chi connectivity index (χ2n) is 5.33. The number of anilines is 1. The van der Waals surface area contributed by atoms with Crippen molar-refractivity contribution in [3.8, 4) is 0 Å². The molecule has 0 aliphatic heterocycles. The highest BCUT2D eigenvalue weighted by Crippen LogP contribution is 2.40. The number of benzene rings is 1. The first-order chi connectivity index (χ1) is 10.2. The van der Waals surface area contributed by atoms with Crippen molar-refractivity contribution in [1.82, 2.24) is 19.9 Å². The van der Waals surface area contributed by atoms with E-state index < -0.39 is 0 Å². The number of para-hydroxylation sites is 2. The fourth-order valence-corrected chi connectivity index (χ4v) is 3.11. The SMILES string of the molecule is Cc1c(N)nc(C2CC2)nc1Sc1nc2ccccc2[nH]1. The van der Waals surface area contributed by atoms with Gasteiger partial charge >= 0.3 is 0 Å². The molecule has 3 N–H and O–H groups in total. The maximum absolute atomic E-state index is 6.02. The summed E-state index contributed by atoms with van der Waals surface area (Å²) in [7, 11) is 0. The minimum Gasteiger partial charge on any atom is -0.383 e. The van der Waals surface area contributed by atoms with Crippen LogP contribution in [0.25, 0.3) is 11.0 Å². The van der Waals surface area contributed by atoms with Gasteiger partial charge in [0.1, 0.15) is 16.7 Å². The van der Waals surface area contributed by atoms with E-state index >= 15 is 0 Å². The summed E-state index contributed by atoms with van der Waals surface area (Å²) in [5, 5.41) is 1.72. The van der Waals surface area contributed by atoms with Crippen LogP contribution in [0.1, 0.15) is 30.1 Å². The number of aromatic nitrogens is 4. The van der Waals surface area contributed by atoms with Crippen molar-refractivity contribution in [1.29, 1.82) is 0 Å². The van der Waals surface area contributed by atoms with Gasteiger partial charge in [-0.15, -0.1) is 0 Å². The van der Waals surface area contributed by atoms with Crippen molar-refractivity contribution in [2.75, 3.05) is 5.73 Å². The summed E-state index contributed by atoms with van der Waals surface area (Å²) in [4.78, 5) is 17.0. The van der Waals surface area contributed by atoms with Crippen LogP contribution in [0.3, 0.4) is 0 Å². The van der Waals surface area contributed by atoms with Crippen LogP contribution in [-0.4, -0.2) is 19.9 Å². The molecule has 3 aromatic rings. The number of H-pyrrole nitrogens is 1. The number of nitrogen functional groups attached to an aromatic ring is 1. The average Bonchev–Trinajstić information content (AvgIpc) is 3.24. The summed E-state index contributed by atoms with van der Waals surface area (Å²) in [6, 6.07) is 7.99. The van der Waals surface area contributed by atoms with Crippen molar-refractivity contribution < 1.29 is 0 Å². The van der Waals surface area contributed by atoms with E-state index in [1.807, 2.05) is 31.2 Å². The lowest BCUT2D eigenvalue weighted by Crippen LogP contribution is -2.03. The Balaban J connectivity index is 1.72. The van der Waals surface area contributed by atoms with Crippen LogP contribution in [0.15, 0.2) is 34.4 Å². The quantitative estimate of drug-likeness (QED) is 0.725. The van der Waals surface area contributed by atoms with Crippen LogP contribution in [0.2, 0.25) is 0 Å². The number of hydrogen-bond donors (Lipinski definition) is 2. The van der Waals surface area contributed by atoms with Crippen LogP contribution in [0, 0.1) is 6.92 Å². The summed E-state index contributed by atoms with van der Waals surface area (Å²) in [5.74, 6) is 1.94. The van der Waals surface area contributed by atoms with Crippen LogP contribution in [0.4, 0.5) is 5.82 Å². The fraction of sp³-hybridized carbons (Fsp3) is 0.267. The lowest BCUT2D eigenvalue weighted by Gasteiger charge is -2.07. The van der Waals surface area contributed by atoms with E-state index in [1.54, 1.807) is 0 Å². The van der Waals surface area contributed by atoms with E-state index in [1.165, 1.54) is 11.8 Å². The van der Waals surface area contributed by atoms with Gasteiger partial charge < -0.3 is 10.7 Å². The first-order valence-electron chi connectivity index (χ1n) is 6.97. The molecule has 1 aromatic carbocycles. The van der Waals surface area contributed by atoms with Crippen molar-refractivity contribution in [3.63, 3.8) is 0 Å². The summed E-state index contributed by atoms with van der Waals surface area (Å²) < 4.78 is 0. The Hall–Kier alpha value is -2.08. The van der Waals surface area contributed by atoms with E-state index in [-0.39, 0.29) is 0 Å². The zero-order chi connectivity index (χ0) is 14.4. The first kappa shape index (κ1) is 12.6. The number of rotatable bonds is 3. The molecule has 21 heavy (non-hydrogen) atoms. The van der Waals surface area contributed by atoms with Gasteiger partial charge in [-0.2, -0.15) is 0 Å². The van der Waals surface area contributed by atoms with Crippen LogP contribution in [-0.2, 0) is 0 Å². The second-order valence-corrected chi connectivity index (χ2v) is 6.31. The molecule has 2 heterocycles. The minimum absolute atomic E-state index is 0.489. The molecule has 1 aliphatic rings. The van der Waals surface area contributed by atoms with Crippen LogP contribution in [0.5, 0.6) is 0 Å². The van der Waals surface area contributed by atoms with Gasteiger partial charge in [0.15, 0.2) is 5.16 Å². The van der Waals surface area contributed by atoms with E-state index in [0.29, 0.717) is 11.7 Å². The summed E-state index contributed by atoms with van der Waals surface area (Å²) in [6.45, 7) is 1.96. The Labute approximate surface area is 126 Å². The molecular weight excluding hydrogens is 282 g/mol. The molecule has 1 saturated carbocycles. The molecule has 6 heteroatoms. The maximum Gasteiger partial charge on any atom is 0.172 e. The van der Waals surface area contributed by atoms with E-state index in [9.17, 15) is 0 Å². The Morgan fingerprint density at radius 3 is 2.76 bits per heavy atom. The highest BCUT2D eigenvalue weighted by molar-refractivity contribution is 7.99. The van der Waals surface area contributed by atoms with Crippen LogP contribution < -0.4 is 5.73 Å². The van der Waals surface area contributed by atoms with Gasteiger partial charge in [-0.1, -0.05) is 12.1 Å². The largest absolute Gasteiger partial charge is 0.383 e. The molecule has 0 radical (unpaired) electrons. The molecule has 0 spiro atoms. The molecule has 0 amide bonds. The van der Waals surface area contributed by atoms with E-state index in [4.69, 9.17) is 5.73 Å². The molecule has 1 aliphatic carbocycles. The molecule has 2 aromatic heterocycles. The van der Waals surface area contributed by atoms with Gasteiger partial charge in [-0.25, -0.2) is 15.0 Å². The zero-order valence-electron chi connectivity index (χ0n) is 11.6. The average molecular weight is 297 g/mol. The number of imidazole rings is 1. The number of nitrogens with two attached hydrogens (primary N) is 1. The predicted molar refractivity (Wildman–Crippen MR) is 83.4 cm³/mol. The highest BCUT2D eigenvalue weighted by atomic mass is 32.2. The third kappa shape index (κ3) is 2.35. The van der Waals surface area contributed by atoms with E-state index in [2.05, 4.69) is 19.9 Å². The third-order valence-electron chi connectivity index (χ3n) is 3.66. The molecule has 0 atom stereocenters. The number of fused-ring (bicyclic) bond motifs is 1. The predicted octanol–water partition coefficient (Wildman–Crippen LogP) is 3.27. The van der Waals surface area contributed by atoms with Gasteiger partial charge in [-0.05, 0) is 43.7 Å². The van der Waals surface area contributed by atoms with Crippen molar-refractivity contribution >= 4 is 28.6 Å². The van der Waals surface area contributed by atoms with Gasteiger partial charge in [0, 0.05) is 11.5 Å². The summed E-state index contributed by atoms with van der Waals surface area (Å²) in [6.07, 6.45) is 2.33. The topological polar surface area (TPSA) is 80.5 Å². The van der Waals surface area contributed by atoms with Crippen molar-refractivity contribution in [2.24, 2.45) is 0 Å². The Morgan fingerprint density at radius 2 is 2.00 bits per heavy atom. The normalized spacial score (nSPS) is 14.7. The van der Waals surface area contributed by atoms with Gasteiger partial charge in [0.2, 0.25) is 0 Å². The standard InChI is InChI=1S/C15H15N5S/c1-8-12(16)19-13(9-6-7-9)20-14(8)21-15-17-10-4-2-3-5-11(10)18-15/h2-5,9H,6-7H2,1H3,(H,17,18)(H2,16,19,20). The fourth-order valence-electron chi connectivity index (χ4n) is 2.22. The van der Waals surface area contributed by atoms with Crippen molar-refractivity contribution in [2.45, 2.75) is 35.9 Å². The molecule has 0 saturated heterocycles. The Kier molecular flexibility index (Phi) is 2.85. The molecular formula is C15H15N5S. The van der Waals surface area contributed by atoms with E-state index in [0.717, 1.165) is 45.4 Å². The smallest absolute Gasteiger partial charge is 0.172 e. The van der Waals surface area contributed by atoms with Gasteiger partial charge in [-0.3, -0.25) is 0 Å². The number of aromatic amines is 1. The lowest BCUT2D eigenvalue weighted by molar-refractivity contribution is 0.866. The summed E-state index contributed by atoms with van der Waals surface area (Å²) >= 11 is 1.52. The molecule has 1 fully saturated rings. The molecule has 106 valence electrons. The Morgan fingerprint density at radius 1 is 1.19 bits per heavy atom. The Bertz CT molecular complexity index is 789. The molecule has 5 nitrogen and oxygen atoms in total. The van der Waals surface area contributed by atoms with Gasteiger partial charge in [0.05, 0.1) is 11.0 Å². The van der Waals surface area contributed by atoms with Crippen molar-refractivity contribution in [3.05, 3.63) is 35.7 Å². The number of hydrogen-bond acceptors (Lipinski definition) is 5. The van der Waals surface area contributed by atoms with Gasteiger partial charge in [0.25, 0.3) is 0 Å². The molecule has 0 unspecified atom stereocenters. The minimum atomic E-state index is 0.489. The maximum atomic E-state index is 6.02. The monoisotopic (exact) mass is 297 g/mol. The third-order valence-corrected chi connectivity index (χ3v) is 4.64. The highest BCUT2D eigenvalue weighted by Gasteiger charge is 2.28. The lowest BCUT2D eigenvalue weighted by atomic mass is 10.3. The zero-order valence-corrected chi connectivity index (χ0v) is 12.4. The molecule has 0 bridgehead atoms. The number of nitrogens with one attached hydrogen (secondary N) is 1. The number of nitrogens with zero attached hydrogens (tertiary/aromatic N) is 3. The molecule has 4 rings (SSSR count). The second kappa shape index (κ2) is 4.73.